The number of carbonyl (C=O) groups is 1. The van der Waals surface area contributed by atoms with Gasteiger partial charge in [-0.25, -0.2) is 0 Å². The Labute approximate surface area is 130 Å². The number of aromatic nitrogens is 1. The van der Waals surface area contributed by atoms with E-state index in [1.165, 1.54) is 15.5 Å². The van der Waals surface area contributed by atoms with Crippen LogP contribution in [0.2, 0.25) is 0 Å². The van der Waals surface area contributed by atoms with E-state index in [0.29, 0.717) is 16.8 Å². The third kappa shape index (κ3) is 2.87. The quantitative estimate of drug-likeness (QED) is 0.805. The summed E-state index contributed by atoms with van der Waals surface area (Å²) in [6.45, 7) is -0.00457. The Morgan fingerprint density at radius 1 is 1.23 bits per heavy atom. The molecule has 1 amide bonds. The van der Waals surface area contributed by atoms with Crippen LogP contribution in [-0.2, 0) is 11.3 Å². The van der Waals surface area contributed by atoms with Gasteiger partial charge in [0.2, 0.25) is 5.91 Å². The molecule has 5 nitrogen and oxygen atoms in total. The third-order valence-corrected chi connectivity index (χ3v) is 4.26. The molecular formula is C16H14N2O3S. The van der Waals surface area contributed by atoms with Crippen molar-refractivity contribution in [3.63, 3.8) is 0 Å². The number of hydrogen-bond donors (Lipinski definition) is 1. The largest absolute Gasteiger partial charge is 0.497 e. The van der Waals surface area contributed by atoms with Gasteiger partial charge < -0.3 is 10.1 Å². The number of carbonyl (C=O) groups excluding carboxylic acids is 1. The lowest BCUT2D eigenvalue weighted by atomic mass is 10.2. The van der Waals surface area contributed by atoms with Crippen LogP contribution in [0.5, 0.6) is 5.75 Å². The van der Waals surface area contributed by atoms with Crippen molar-refractivity contribution < 1.29 is 9.53 Å². The van der Waals surface area contributed by atoms with Gasteiger partial charge in [-0.1, -0.05) is 29.7 Å². The van der Waals surface area contributed by atoms with E-state index in [4.69, 9.17) is 4.74 Å². The molecule has 0 fully saturated rings. The number of nitrogens with zero attached hydrogens (tertiary/aromatic N) is 1. The molecule has 0 saturated heterocycles. The molecule has 0 unspecified atom stereocenters. The molecule has 22 heavy (non-hydrogen) atoms. The maximum Gasteiger partial charge on any atom is 0.269 e. The van der Waals surface area contributed by atoms with E-state index in [0.717, 1.165) is 4.70 Å². The minimum Gasteiger partial charge on any atom is -0.497 e. The van der Waals surface area contributed by atoms with Gasteiger partial charge in [0.05, 0.1) is 17.2 Å². The second-order valence-electron chi connectivity index (χ2n) is 4.71. The Bertz CT molecular complexity index is 868. The maximum absolute atomic E-state index is 12.3. The van der Waals surface area contributed by atoms with Crippen LogP contribution < -0.4 is 15.6 Å². The number of para-hydroxylation sites is 1. The molecule has 6 heteroatoms. The fourth-order valence-corrected chi connectivity index (χ4v) is 3.11. The van der Waals surface area contributed by atoms with Crippen molar-refractivity contribution in [3.8, 4) is 5.75 Å². The number of benzene rings is 2. The van der Waals surface area contributed by atoms with Crippen LogP contribution in [0.15, 0.2) is 53.3 Å². The Morgan fingerprint density at radius 2 is 2.00 bits per heavy atom. The van der Waals surface area contributed by atoms with E-state index in [-0.39, 0.29) is 18.0 Å². The first-order valence-corrected chi connectivity index (χ1v) is 7.47. The molecule has 1 N–H and O–H groups in total. The summed E-state index contributed by atoms with van der Waals surface area (Å²) in [4.78, 5) is 24.4. The van der Waals surface area contributed by atoms with Crippen LogP contribution in [0.25, 0.3) is 10.1 Å². The van der Waals surface area contributed by atoms with Gasteiger partial charge in [0, 0.05) is 5.69 Å². The molecule has 0 bridgehead atoms. The zero-order valence-corrected chi connectivity index (χ0v) is 12.7. The van der Waals surface area contributed by atoms with Crippen molar-refractivity contribution in [1.29, 1.82) is 0 Å². The maximum atomic E-state index is 12.3. The summed E-state index contributed by atoms with van der Waals surface area (Å²) in [5.41, 5.74) is 0.533. The summed E-state index contributed by atoms with van der Waals surface area (Å²) >= 11 is 1.27. The first-order chi connectivity index (χ1) is 10.7. The van der Waals surface area contributed by atoms with E-state index in [1.54, 1.807) is 31.4 Å². The SMILES string of the molecule is COc1ccc2sn(CC(=O)Nc3ccccc3)c(=O)c2c1. The van der Waals surface area contributed by atoms with E-state index < -0.39 is 0 Å². The Balaban J connectivity index is 1.83. The molecule has 1 heterocycles. The average Bonchev–Trinajstić information content (AvgIpc) is 2.84. The standard InChI is InChI=1S/C16H14N2O3S/c1-21-12-7-8-14-13(9-12)16(20)18(22-14)10-15(19)17-11-5-3-2-4-6-11/h2-9H,10H2,1H3,(H,17,19). The lowest BCUT2D eigenvalue weighted by Gasteiger charge is -2.04. The summed E-state index contributed by atoms with van der Waals surface area (Å²) in [6.07, 6.45) is 0. The molecule has 112 valence electrons. The summed E-state index contributed by atoms with van der Waals surface area (Å²) < 4.78 is 7.40. The lowest BCUT2D eigenvalue weighted by Crippen LogP contribution is -2.23. The molecular weight excluding hydrogens is 300 g/mol. The van der Waals surface area contributed by atoms with Crippen LogP contribution >= 0.6 is 11.5 Å². The molecule has 0 radical (unpaired) electrons. The number of nitrogens with one attached hydrogen (secondary N) is 1. The van der Waals surface area contributed by atoms with Gasteiger partial charge >= 0.3 is 0 Å². The fourth-order valence-electron chi connectivity index (χ4n) is 2.13. The number of ether oxygens (including phenoxy) is 1. The van der Waals surface area contributed by atoms with Gasteiger partial charge in [0.25, 0.3) is 5.56 Å². The third-order valence-electron chi connectivity index (χ3n) is 3.20. The van der Waals surface area contributed by atoms with E-state index in [9.17, 15) is 9.59 Å². The number of rotatable bonds is 4. The number of fused-ring (bicyclic) bond motifs is 1. The van der Waals surface area contributed by atoms with E-state index in [1.807, 2.05) is 24.3 Å². The second-order valence-corrected chi connectivity index (χ2v) is 5.77. The van der Waals surface area contributed by atoms with Gasteiger partial charge in [-0.2, -0.15) is 0 Å². The van der Waals surface area contributed by atoms with Crippen molar-refractivity contribution in [2.24, 2.45) is 0 Å². The highest BCUT2D eigenvalue weighted by Gasteiger charge is 2.12. The zero-order valence-electron chi connectivity index (χ0n) is 11.9. The molecule has 2 aromatic carbocycles. The van der Waals surface area contributed by atoms with E-state index in [2.05, 4.69) is 5.32 Å². The topological polar surface area (TPSA) is 60.3 Å². The Hall–Kier alpha value is -2.60. The molecule has 0 saturated carbocycles. The van der Waals surface area contributed by atoms with Crippen molar-refractivity contribution in [3.05, 3.63) is 58.9 Å². The van der Waals surface area contributed by atoms with Crippen LogP contribution in [-0.4, -0.2) is 17.0 Å². The monoisotopic (exact) mass is 314 g/mol. The number of amides is 1. The molecule has 0 aliphatic rings. The predicted octanol–water partition coefficient (Wildman–Crippen LogP) is 2.71. The molecule has 1 aromatic heterocycles. The van der Waals surface area contributed by atoms with Crippen molar-refractivity contribution in [2.45, 2.75) is 6.54 Å². The summed E-state index contributed by atoms with van der Waals surface area (Å²) in [5, 5.41) is 3.33. The predicted molar refractivity (Wildman–Crippen MR) is 87.7 cm³/mol. The van der Waals surface area contributed by atoms with Crippen LogP contribution in [0.1, 0.15) is 0 Å². The summed E-state index contributed by atoms with van der Waals surface area (Å²) in [6, 6.07) is 14.5. The smallest absolute Gasteiger partial charge is 0.269 e. The number of methoxy groups -OCH3 is 1. The highest BCUT2D eigenvalue weighted by atomic mass is 32.1. The van der Waals surface area contributed by atoms with Crippen molar-refractivity contribution in [2.75, 3.05) is 12.4 Å². The zero-order chi connectivity index (χ0) is 15.5. The van der Waals surface area contributed by atoms with E-state index >= 15 is 0 Å². The molecule has 0 atom stereocenters. The second kappa shape index (κ2) is 6.03. The Kier molecular flexibility index (Phi) is 3.93. The lowest BCUT2D eigenvalue weighted by molar-refractivity contribution is -0.116. The first kappa shape index (κ1) is 14.3. The first-order valence-electron chi connectivity index (χ1n) is 6.70. The van der Waals surface area contributed by atoms with Crippen molar-refractivity contribution in [1.82, 2.24) is 3.96 Å². The summed E-state index contributed by atoms with van der Waals surface area (Å²) in [5.74, 6) is 0.398. The average molecular weight is 314 g/mol. The van der Waals surface area contributed by atoms with Crippen LogP contribution in [0, 0.1) is 0 Å². The van der Waals surface area contributed by atoms with Gasteiger partial charge in [0.1, 0.15) is 12.3 Å². The number of hydrogen-bond acceptors (Lipinski definition) is 4. The van der Waals surface area contributed by atoms with Crippen molar-refractivity contribution >= 4 is 33.2 Å². The van der Waals surface area contributed by atoms with Gasteiger partial charge in [-0.15, -0.1) is 0 Å². The molecule has 3 aromatic rings. The van der Waals surface area contributed by atoms with Gasteiger partial charge in [-0.05, 0) is 30.3 Å². The highest BCUT2D eigenvalue weighted by molar-refractivity contribution is 7.13. The van der Waals surface area contributed by atoms with Gasteiger partial charge in [0.15, 0.2) is 0 Å². The molecule has 0 spiro atoms. The minimum atomic E-state index is -0.230. The van der Waals surface area contributed by atoms with Gasteiger partial charge in [-0.3, -0.25) is 13.5 Å². The fraction of sp³-hybridized carbons (Fsp3) is 0.125. The number of anilines is 1. The van der Waals surface area contributed by atoms with Crippen LogP contribution in [0.3, 0.4) is 0 Å². The minimum absolute atomic E-state index is 0.00457. The normalized spacial score (nSPS) is 10.6. The molecule has 3 rings (SSSR count). The molecule has 0 aliphatic carbocycles. The highest BCUT2D eigenvalue weighted by Crippen LogP contribution is 2.22. The van der Waals surface area contributed by atoms with Crippen LogP contribution in [0.4, 0.5) is 5.69 Å². The summed E-state index contributed by atoms with van der Waals surface area (Å²) in [7, 11) is 1.55. The Morgan fingerprint density at radius 3 is 2.73 bits per heavy atom. The molecule has 0 aliphatic heterocycles.